The molecule has 0 heterocycles. The van der Waals surface area contributed by atoms with E-state index < -0.39 is 17.7 Å². The Balaban J connectivity index is 3.16. The van der Waals surface area contributed by atoms with Crippen molar-refractivity contribution in [3.63, 3.8) is 0 Å². The Bertz CT molecular complexity index is 462. The van der Waals surface area contributed by atoms with Gasteiger partial charge in [0.1, 0.15) is 6.61 Å². The molecular weight excluding hydrogens is 440 g/mol. The van der Waals surface area contributed by atoms with Crippen molar-refractivity contribution in [3.8, 4) is 0 Å². The van der Waals surface area contributed by atoms with Crippen LogP contribution in [0.4, 0.5) is 0 Å². The van der Waals surface area contributed by atoms with Crippen molar-refractivity contribution >= 4 is 29.3 Å². The SMILES string of the molecule is O=C(CCC(=O)C(=O)O)OCCOCCOCCOCCOCCOCCOCCCl. The fourth-order valence-electron chi connectivity index (χ4n) is 1.87. The van der Waals surface area contributed by atoms with Crippen LogP contribution in [0.3, 0.4) is 0 Å². The van der Waals surface area contributed by atoms with E-state index in [4.69, 9.17) is 49.9 Å². The van der Waals surface area contributed by atoms with Gasteiger partial charge in [0.25, 0.3) is 0 Å². The number of alkyl halides is 1. The molecule has 0 aromatic rings. The molecule has 0 bridgehead atoms. The first-order valence-corrected chi connectivity index (χ1v) is 10.6. The second kappa shape index (κ2) is 23.3. The number of hydrogen-bond donors (Lipinski definition) is 1. The summed E-state index contributed by atoms with van der Waals surface area (Å²) in [5.74, 6) is -2.74. The second-order valence-electron chi connectivity index (χ2n) is 5.81. The normalized spacial score (nSPS) is 10.9. The summed E-state index contributed by atoms with van der Waals surface area (Å²) in [7, 11) is 0. The number of rotatable bonds is 24. The number of halogens is 1. The number of hydrogen-bond acceptors (Lipinski definition) is 10. The molecule has 0 unspecified atom stereocenters. The number of Topliss-reactive ketones (excluding diaryl/α,β-unsaturated/α-hetero) is 1. The summed E-state index contributed by atoms with van der Waals surface area (Å²) in [5, 5.41) is 8.39. The van der Waals surface area contributed by atoms with Gasteiger partial charge >= 0.3 is 11.9 Å². The fraction of sp³-hybridized carbons (Fsp3) is 0.842. The summed E-state index contributed by atoms with van der Waals surface area (Å²) in [6.07, 6.45) is -0.644. The molecule has 0 aromatic carbocycles. The third-order valence-corrected chi connectivity index (χ3v) is 3.52. The smallest absolute Gasteiger partial charge is 0.372 e. The predicted octanol–water partition coefficient (Wildman–Crippen LogP) is 0.302. The molecule has 12 heteroatoms. The number of aliphatic carboxylic acids is 1. The Kier molecular flexibility index (Phi) is 22.3. The van der Waals surface area contributed by atoms with E-state index in [1.165, 1.54) is 0 Å². The Morgan fingerprint density at radius 2 is 0.903 bits per heavy atom. The predicted molar refractivity (Wildman–Crippen MR) is 108 cm³/mol. The van der Waals surface area contributed by atoms with Gasteiger partial charge in [-0.1, -0.05) is 0 Å². The van der Waals surface area contributed by atoms with Crippen LogP contribution in [0.5, 0.6) is 0 Å². The van der Waals surface area contributed by atoms with E-state index in [9.17, 15) is 14.4 Å². The number of carbonyl (C=O) groups excluding carboxylic acids is 2. The molecule has 0 aliphatic heterocycles. The van der Waals surface area contributed by atoms with Crippen LogP contribution >= 0.6 is 11.6 Å². The summed E-state index contributed by atoms with van der Waals surface area (Å²) < 4.78 is 36.5. The van der Waals surface area contributed by atoms with Gasteiger partial charge < -0.3 is 38.3 Å². The molecule has 0 aromatic heterocycles. The minimum Gasteiger partial charge on any atom is -0.476 e. The van der Waals surface area contributed by atoms with E-state index in [2.05, 4.69) is 0 Å². The lowest BCUT2D eigenvalue weighted by atomic mass is 10.2. The van der Waals surface area contributed by atoms with Gasteiger partial charge in [-0.25, -0.2) is 4.79 Å². The molecule has 0 rings (SSSR count). The van der Waals surface area contributed by atoms with E-state index in [0.717, 1.165) is 0 Å². The zero-order chi connectivity index (χ0) is 23.0. The van der Waals surface area contributed by atoms with Gasteiger partial charge in [0.2, 0.25) is 5.78 Å². The average Bonchev–Trinajstić information content (AvgIpc) is 2.76. The van der Waals surface area contributed by atoms with Gasteiger partial charge in [0.15, 0.2) is 0 Å². The Morgan fingerprint density at radius 3 is 1.26 bits per heavy atom. The lowest BCUT2D eigenvalue weighted by Crippen LogP contribution is -2.17. The number of carboxylic acids is 1. The van der Waals surface area contributed by atoms with Crippen LogP contribution in [0.25, 0.3) is 0 Å². The maximum absolute atomic E-state index is 11.3. The van der Waals surface area contributed by atoms with Crippen LogP contribution in [0.2, 0.25) is 0 Å². The molecule has 0 amide bonds. The van der Waals surface area contributed by atoms with Crippen molar-refractivity contribution in [1.29, 1.82) is 0 Å². The second-order valence-corrected chi connectivity index (χ2v) is 6.19. The third kappa shape index (κ3) is 23.2. The van der Waals surface area contributed by atoms with E-state index in [0.29, 0.717) is 78.6 Å². The molecule has 0 radical (unpaired) electrons. The molecule has 0 atom stereocenters. The third-order valence-electron chi connectivity index (χ3n) is 3.37. The summed E-state index contributed by atoms with van der Waals surface area (Å²) >= 11 is 5.47. The zero-order valence-corrected chi connectivity index (χ0v) is 18.5. The molecule has 0 saturated heterocycles. The molecule has 0 aliphatic carbocycles. The summed E-state index contributed by atoms with van der Waals surface area (Å²) in [6, 6.07) is 0. The monoisotopic (exact) mass is 472 g/mol. The van der Waals surface area contributed by atoms with Crippen LogP contribution in [0, 0.1) is 0 Å². The molecule has 11 nitrogen and oxygen atoms in total. The van der Waals surface area contributed by atoms with E-state index in [-0.39, 0.29) is 26.1 Å². The first-order valence-electron chi connectivity index (χ1n) is 10.0. The maximum Gasteiger partial charge on any atom is 0.372 e. The average molecular weight is 473 g/mol. The standard InChI is InChI=1S/C19H33ClO11/c20-3-4-25-5-6-26-7-8-27-9-10-28-11-12-29-13-14-30-15-16-31-18(22)2-1-17(21)19(23)24/h1-16H2,(H,23,24). The van der Waals surface area contributed by atoms with Gasteiger partial charge in [-0.3, -0.25) is 9.59 Å². The van der Waals surface area contributed by atoms with E-state index in [1.807, 2.05) is 0 Å². The summed E-state index contributed by atoms with van der Waals surface area (Å²) in [5.41, 5.74) is 0. The Hall–Kier alpha value is -1.34. The highest BCUT2D eigenvalue weighted by Gasteiger charge is 2.14. The Labute approximate surface area is 187 Å². The van der Waals surface area contributed by atoms with Crippen LogP contribution in [0.15, 0.2) is 0 Å². The maximum atomic E-state index is 11.3. The molecule has 31 heavy (non-hydrogen) atoms. The van der Waals surface area contributed by atoms with Crippen molar-refractivity contribution in [2.24, 2.45) is 0 Å². The minimum absolute atomic E-state index is 0.0239. The lowest BCUT2D eigenvalue weighted by Gasteiger charge is -2.08. The number of carbonyl (C=O) groups is 3. The van der Waals surface area contributed by atoms with Gasteiger partial charge in [-0.05, 0) is 0 Å². The lowest BCUT2D eigenvalue weighted by molar-refractivity contribution is -0.151. The van der Waals surface area contributed by atoms with Crippen LogP contribution < -0.4 is 0 Å². The largest absolute Gasteiger partial charge is 0.476 e. The van der Waals surface area contributed by atoms with Gasteiger partial charge in [0.05, 0.1) is 85.7 Å². The van der Waals surface area contributed by atoms with Crippen molar-refractivity contribution in [3.05, 3.63) is 0 Å². The van der Waals surface area contributed by atoms with Gasteiger partial charge in [-0.15, -0.1) is 11.6 Å². The van der Waals surface area contributed by atoms with Gasteiger partial charge in [0, 0.05) is 12.3 Å². The highest BCUT2D eigenvalue weighted by Crippen LogP contribution is 1.95. The number of carboxylic acid groups (broad SMARTS) is 1. The molecular formula is C19H33ClO11. The summed E-state index contributed by atoms with van der Waals surface area (Å²) in [4.78, 5) is 32.4. The highest BCUT2D eigenvalue weighted by atomic mass is 35.5. The first-order chi connectivity index (χ1) is 15.1. The minimum atomic E-state index is -1.56. The van der Waals surface area contributed by atoms with Crippen molar-refractivity contribution in [1.82, 2.24) is 0 Å². The Morgan fingerprint density at radius 1 is 0.548 bits per heavy atom. The number of ketones is 1. The molecule has 0 saturated carbocycles. The fourth-order valence-corrected chi connectivity index (χ4v) is 1.97. The van der Waals surface area contributed by atoms with Crippen LogP contribution in [-0.4, -0.2) is 115 Å². The number of ether oxygens (including phenoxy) is 7. The van der Waals surface area contributed by atoms with E-state index in [1.54, 1.807) is 0 Å². The molecule has 1 N–H and O–H groups in total. The zero-order valence-electron chi connectivity index (χ0n) is 17.7. The van der Waals surface area contributed by atoms with E-state index >= 15 is 0 Å². The molecule has 0 spiro atoms. The van der Waals surface area contributed by atoms with Gasteiger partial charge in [-0.2, -0.15) is 0 Å². The quantitative estimate of drug-likeness (QED) is 0.0898. The highest BCUT2D eigenvalue weighted by molar-refractivity contribution is 6.32. The van der Waals surface area contributed by atoms with Crippen molar-refractivity contribution in [2.75, 3.05) is 91.8 Å². The number of esters is 1. The van der Waals surface area contributed by atoms with Crippen molar-refractivity contribution in [2.45, 2.75) is 12.8 Å². The topological polar surface area (TPSA) is 136 Å². The first kappa shape index (κ1) is 29.7. The van der Waals surface area contributed by atoms with Crippen LogP contribution in [-0.2, 0) is 47.5 Å². The summed E-state index contributed by atoms with van der Waals surface area (Å²) in [6.45, 7) is 5.23. The molecule has 0 fully saturated rings. The van der Waals surface area contributed by atoms with Crippen LogP contribution in [0.1, 0.15) is 12.8 Å². The molecule has 182 valence electrons. The van der Waals surface area contributed by atoms with Crippen molar-refractivity contribution < 1.29 is 52.6 Å². The molecule has 0 aliphatic rings.